The summed E-state index contributed by atoms with van der Waals surface area (Å²) in [7, 11) is 0. The van der Waals surface area contributed by atoms with Crippen molar-refractivity contribution in [3.05, 3.63) is 70.2 Å². The van der Waals surface area contributed by atoms with Gasteiger partial charge in [-0.05, 0) is 34.5 Å². The van der Waals surface area contributed by atoms with Crippen molar-refractivity contribution in [2.24, 2.45) is 5.73 Å². The summed E-state index contributed by atoms with van der Waals surface area (Å²) in [6, 6.07) is 11.4. The van der Waals surface area contributed by atoms with E-state index in [4.69, 9.17) is 14.9 Å². The Morgan fingerprint density at radius 1 is 1.25 bits per heavy atom. The van der Waals surface area contributed by atoms with Crippen LogP contribution in [0.15, 0.2) is 51.6 Å². The molecule has 5 nitrogen and oxygen atoms in total. The minimum absolute atomic E-state index is 0.233. The van der Waals surface area contributed by atoms with E-state index in [-0.39, 0.29) is 11.6 Å². The van der Waals surface area contributed by atoms with Crippen LogP contribution in [-0.4, -0.2) is 10.9 Å². The zero-order valence-corrected chi connectivity index (χ0v) is 16.5. The normalized spacial score (nSPS) is 12.0. The van der Waals surface area contributed by atoms with Gasteiger partial charge in [-0.1, -0.05) is 43.7 Å². The van der Waals surface area contributed by atoms with Crippen LogP contribution in [-0.2, 0) is 0 Å². The van der Waals surface area contributed by atoms with Crippen LogP contribution in [0.25, 0.3) is 11.3 Å². The number of halogens is 3. The Bertz CT molecular complexity index is 993. The molecule has 0 fully saturated rings. The minimum Gasteiger partial charge on any atom is -0.478 e. The number of carbonyl (C=O) groups excluding carboxylic acids is 1. The molecule has 0 spiro atoms. The predicted molar refractivity (Wildman–Crippen MR) is 103 cm³/mol. The van der Waals surface area contributed by atoms with Gasteiger partial charge in [-0.15, -0.1) is 0 Å². The number of nitrogens with two attached hydrogens (primary N) is 1. The number of ether oxygens (including phenoxy) is 1. The molecule has 146 valence electrons. The number of hydrogen-bond donors (Lipinski definition) is 1. The van der Waals surface area contributed by atoms with E-state index < -0.39 is 29.2 Å². The Hall–Kier alpha value is -2.74. The molecule has 1 amide bonds. The highest BCUT2D eigenvalue weighted by Crippen LogP contribution is 2.35. The number of aromatic nitrogens is 1. The maximum Gasteiger partial charge on any atom is 0.254 e. The van der Waals surface area contributed by atoms with Crippen LogP contribution in [0.3, 0.4) is 0 Å². The van der Waals surface area contributed by atoms with Crippen LogP contribution < -0.4 is 10.5 Å². The minimum atomic E-state index is -1.21. The summed E-state index contributed by atoms with van der Waals surface area (Å²) in [4.78, 5) is 15.8. The van der Waals surface area contributed by atoms with Gasteiger partial charge in [-0.2, -0.15) is 0 Å². The van der Waals surface area contributed by atoms with Crippen molar-refractivity contribution in [3.8, 4) is 17.0 Å². The lowest BCUT2D eigenvalue weighted by Crippen LogP contribution is -2.17. The van der Waals surface area contributed by atoms with Gasteiger partial charge < -0.3 is 14.9 Å². The molecule has 3 rings (SSSR count). The number of amides is 1. The summed E-state index contributed by atoms with van der Waals surface area (Å²) in [6.07, 6.45) is 0.417. The second-order valence-corrected chi connectivity index (χ2v) is 6.75. The van der Waals surface area contributed by atoms with E-state index in [2.05, 4.69) is 20.9 Å². The Kier molecular flexibility index (Phi) is 6.08. The molecule has 2 aromatic carbocycles. The Morgan fingerprint density at radius 2 is 1.96 bits per heavy atom. The van der Waals surface area contributed by atoms with Crippen molar-refractivity contribution in [1.29, 1.82) is 0 Å². The van der Waals surface area contributed by atoms with Gasteiger partial charge in [0.15, 0.2) is 22.3 Å². The first-order valence-electron chi connectivity index (χ1n) is 8.58. The van der Waals surface area contributed by atoms with E-state index in [9.17, 15) is 13.6 Å². The average Bonchev–Trinajstić information content (AvgIpc) is 3.05. The van der Waals surface area contributed by atoms with E-state index in [0.717, 1.165) is 17.7 Å². The van der Waals surface area contributed by atoms with E-state index in [1.54, 1.807) is 0 Å². The maximum atomic E-state index is 14.5. The number of hydrogen-bond acceptors (Lipinski definition) is 4. The molecule has 28 heavy (non-hydrogen) atoms. The summed E-state index contributed by atoms with van der Waals surface area (Å²) in [5, 5.41) is 0. The molecule has 1 atom stereocenters. The van der Waals surface area contributed by atoms with Gasteiger partial charge in [0.2, 0.25) is 5.89 Å². The molecule has 2 N–H and O–H groups in total. The monoisotopic (exact) mass is 450 g/mol. The zero-order valence-electron chi connectivity index (χ0n) is 14.9. The number of primary amides is 1. The van der Waals surface area contributed by atoms with Gasteiger partial charge in [0.25, 0.3) is 5.91 Å². The van der Waals surface area contributed by atoms with E-state index in [1.807, 2.05) is 37.3 Å². The summed E-state index contributed by atoms with van der Waals surface area (Å²) < 4.78 is 40.0. The number of oxazole rings is 1. The molecule has 0 saturated carbocycles. The van der Waals surface area contributed by atoms with Gasteiger partial charge in [-0.25, -0.2) is 13.8 Å². The molecular weight excluding hydrogens is 434 g/mol. The van der Waals surface area contributed by atoms with Gasteiger partial charge in [0, 0.05) is 5.56 Å². The van der Waals surface area contributed by atoms with Crippen molar-refractivity contribution in [2.45, 2.75) is 25.9 Å². The molecule has 0 aliphatic heterocycles. The molecular formula is C20H17BrF2N2O3. The lowest BCUT2D eigenvalue weighted by molar-refractivity contribution is 0.0988. The number of rotatable bonds is 7. The highest BCUT2D eigenvalue weighted by molar-refractivity contribution is 9.10. The topological polar surface area (TPSA) is 78.4 Å². The van der Waals surface area contributed by atoms with Crippen LogP contribution in [0.5, 0.6) is 5.75 Å². The van der Waals surface area contributed by atoms with Crippen molar-refractivity contribution in [2.75, 3.05) is 0 Å². The van der Waals surface area contributed by atoms with E-state index >= 15 is 0 Å². The fraction of sp³-hybridized carbons (Fsp3) is 0.200. The lowest BCUT2D eigenvalue weighted by atomic mass is 10.1. The van der Waals surface area contributed by atoms with E-state index in [0.29, 0.717) is 23.2 Å². The summed E-state index contributed by atoms with van der Waals surface area (Å²) in [5.74, 6) is -3.48. The highest BCUT2D eigenvalue weighted by atomic mass is 79.9. The number of nitrogens with zero attached hydrogens (tertiary/aromatic N) is 1. The van der Waals surface area contributed by atoms with E-state index in [1.165, 1.54) is 0 Å². The summed E-state index contributed by atoms with van der Waals surface area (Å²) in [6.45, 7) is 1.92. The fourth-order valence-corrected chi connectivity index (χ4v) is 3.21. The lowest BCUT2D eigenvalue weighted by Gasteiger charge is -2.17. The van der Waals surface area contributed by atoms with Gasteiger partial charge in [0.1, 0.15) is 17.1 Å². The molecule has 1 unspecified atom stereocenters. The molecule has 0 saturated heterocycles. The van der Waals surface area contributed by atoms with Gasteiger partial charge >= 0.3 is 0 Å². The van der Waals surface area contributed by atoms with Gasteiger partial charge in [-0.3, -0.25) is 4.79 Å². The second-order valence-electron chi connectivity index (χ2n) is 6.03. The van der Waals surface area contributed by atoms with Crippen LogP contribution in [0.2, 0.25) is 0 Å². The van der Waals surface area contributed by atoms with Crippen LogP contribution in [0, 0.1) is 11.6 Å². The first-order valence-corrected chi connectivity index (χ1v) is 9.37. The van der Waals surface area contributed by atoms with Crippen molar-refractivity contribution in [3.63, 3.8) is 0 Å². The molecule has 0 bridgehead atoms. The summed E-state index contributed by atoms with van der Waals surface area (Å²) in [5.41, 5.74) is 5.64. The zero-order chi connectivity index (χ0) is 20.3. The first-order chi connectivity index (χ1) is 13.4. The highest BCUT2D eigenvalue weighted by Gasteiger charge is 2.26. The van der Waals surface area contributed by atoms with Crippen LogP contribution in [0.4, 0.5) is 8.78 Å². The fourth-order valence-electron chi connectivity index (χ4n) is 2.73. The standard InChI is InChI=1S/C20H17BrF2N2O3/c1-2-6-14(27-13-10-9-12(22)15(16(13)23)19(24)26)20-25-17(18(21)28-20)11-7-4-3-5-8-11/h3-5,7-10,14H,2,6H2,1H3,(H2,24,26). The third kappa shape index (κ3) is 4.06. The van der Waals surface area contributed by atoms with Crippen LogP contribution in [0.1, 0.15) is 42.1 Å². The van der Waals surface area contributed by atoms with Crippen molar-refractivity contribution < 1.29 is 22.7 Å². The number of carbonyl (C=O) groups is 1. The summed E-state index contributed by atoms with van der Waals surface area (Å²) >= 11 is 3.34. The maximum absolute atomic E-state index is 14.5. The smallest absolute Gasteiger partial charge is 0.254 e. The number of benzene rings is 2. The van der Waals surface area contributed by atoms with Crippen LogP contribution >= 0.6 is 15.9 Å². The predicted octanol–water partition coefficient (Wildman–Crippen LogP) is 5.40. The van der Waals surface area contributed by atoms with Crippen molar-refractivity contribution in [1.82, 2.24) is 4.98 Å². The molecule has 0 aliphatic carbocycles. The molecule has 8 heteroatoms. The molecule has 0 radical (unpaired) electrons. The quantitative estimate of drug-likeness (QED) is 0.522. The molecule has 1 aromatic heterocycles. The molecule has 3 aromatic rings. The third-order valence-electron chi connectivity index (χ3n) is 4.05. The largest absolute Gasteiger partial charge is 0.478 e. The Balaban J connectivity index is 1.96. The third-order valence-corrected chi connectivity index (χ3v) is 4.58. The average molecular weight is 451 g/mol. The first kappa shape index (κ1) is 20.0. The van der Waals surface area contributed by atoms with Crippen molar-refractivity contribution >= 4 is 21.8 Å². The second kappa shape index (κ2) is 8.52. The van der Waals surface area contributed by atoms with Gasteiger partial charge in [0.05, 0.1) is 0 Å². The molecule has 0 aliphatic rings. The SMILES string of the molecule is CCCC(Oc1ccc(F)c(C(N)=O)c1F)c1nc(-c2ccccc2)c(Br)o1. The molecule has 1 heterocycles. The Morgan fingerprint density at radius 3 is 2.61 bits per heavy atom. The Labute approximate surface area is 168 Å².